The van der Waals surface area contributed by atoms with Crippen LogP contribution in [0.25, 0.3) is 5.69 Å². The maximum atomic E-state index is 13.0. The molecule has 8 heteroatoms. The summed E-state index contributed by atoms with van der Waals surface area (Å²) < 4.78 is 25.5. The SMILES string of the molecule is COc1cc(-n2ccnc(SCCc3ccc(F)cc3)c2=O)ccc1OCC(C)(C)O. The number of aryl methyl sites for hydroxylation is 1. The quantitative estimate of drug-likeness (QED) is 0.505. The summed E-state index contributed by atoms with van der Waals surface area (Å²) in [7, 11) is 1.52. The van der Waals surface area contributed by atoms with Crippen LogP contribution in [0.3, 0.4) is 0 Å². The summed E-state index contributed by atoms with van der Waals surface area (Å²) in [6.07, 6.45) is 3.87. The van der Waals surface area contributed by atoms with Gasteiger partial charge in [0.05, 0.1) is 18.4 Å². The monoisotopic (exact) mass is 444 g/mol. The van der Waals surface area contributed by atoms with Crippen molar-refractivity contribution in [2.75, 3.05) is 19.5 Å². The van der Waals surface area contributed by atoms with Gasteiger partial charge in [0.1, 0.15) is 12.4 Å². The van der Waals surface area contributed by atoms with Gasteiger partial charge in [0, 0.05) is 24.2 Å². The van der Waals surface area contributed by atoms with Crippen LogP contribution in [0.1, 0.15) is 19.4 Å². The molecule has 1 aromatic heterocycles. The molecule has 1 heterocycles. The van der Waals surface area contributed by atoms with Gasteiger partial charge in [-0.05, 0) is 50.1 Å². The summed E-state index contributed by atoms with van der Waals surface area (Å²) in [5.41, 5.74) is 0.391. The lowest BCUT2D eigenvalue weighted by molar-refractivity contribution is 0.0276. The first-order valence-electron chi connectivity index (χ1n) is 9.75. The zero-order chi connectivity index (χ0) is 22.4. The minimum Gasteiger partial charge on any atom is -0.493 e. The smallest absolute Gasteiger partial charge is 0.287 e. The number of benzene rings is 2. The fraction of sp³-hybridized carbons (Fsp3) is 0.304. The maximum absolute atomic E-state index is 13.0. The number of methoxy groups -OCH3 is 1. The van der Waals surface area contributed by atoms with Crippen LogP contribution < -0.4 is 15.0 Å². The Bertz CT molecular complexity index is 1080. The Kier molecular flexibility index (Phi) is 7.35. The number of rotatable bonds is 9. The highest BCUT2D eigenvalue weighted by molar-refractivity contribution is 7.99. The minimum absolute atomic E-state index is 0.104. The Balaban J connectivity index is 1.75. The van der Waals surface area contributed by atoms with Gasteiger partial charge in [0.2, 0.25) is 0 Å². The summed E-state index contributed by atoms with van der Waals surface area (Å²) in [5.74, 6) is 1.31. The van der Waals surface area contributed by atoms with E-state index in [1.807, 2.05) is 0 Å². The Hall–Kier alpha value is -2.84. The molecule has 0 spiro atoms. The molecular formula is C23H25FN2O4S. The fourth-order valence-electron chi connectivity index (χ4n) is 2.79. The number of nitrogens with zero attached hydrogens (tertiary/aromatic N) is 2. The Morgan fingerprint density at radius 2 is 1.90 bits per heavy atom. The zero-order valence-corrected chi connectivity index (χ0v) is 18.5. The molecule has 3 rings (SSSR count). The van der Waals surface area contributed by atoms with Gasteiger partial charge in [0.25, 0.3) is 5.56 Å². The number of aliphatic hydroxyl groups is 1. The van der Waals surface area contributed by atoms with E-state index in [-0.39, 0.29) is 18.0 Å². The van der Waals surface area contributed by atoms with Crippen LogP contribution >= 0.6 is 11.8 Å². The summed E-state index contributed by atoms with van der Waals surface area (Å²) in [6.45, 7) is 3.41. The van der Waals surface area contributed by atoms with Crippen molar-refractivity contribution in [3.8, 4) is 17.2 Å². The molecular weight excluding hydrogens is 419 g/mol. The van der Waals surface area contributed by atoms with Crippen molar-refractivity contribution in [2.45, 2.75) is 30.9 Å². The number of aromatic nitrogens is 2. The summed E-state index contributed by atoms with van der Waals surface area (Å²) >= 11 is 1.36. The molecule has 0 unspecified atom stereocenters. The van der Waals surface area contributed by atoms with E-state index in [1.165, 1.54) is 35.6 Å². The Labute approximate surface area is 184 Å². The maximum Gasteiger partial charge on any atom is 0.287 e. The second kappa shape index (κ2) is 9.98. The van der Waals surface area contributed by atoms with Crippen molar-refractivity contribution in [1.82, 2.24) is 9.55 Å². The molecule has 2 aromatic carbocycles. The van der Waals surface area contributed by atoms with E-state index in [0.29, 0.717) is 34.4 Å². The van der Waals surface area contributed by atoms with Crippen LogP contribution in [0.4, 0.5) is 4.39 Å². The Morgan fingerprint density at radius 3 is 2.58 bits per heavy atom. The number of ether oxygens (including phenoxy) is 2. The highest BCUT2D eigenvalue weighted by Gasteiger charge is 2.16. The van der Waals surface area contributed by atoms with E-state index in [9.17, 15) is 14.3 Å². The molecule has 0 radical (unpaired) electrons. The Morgan fingerprint density at radius 1 is 1.16 bits per heavy atom. The van der Waals surface area contributed by atoms with Crippen molar-refractivity contribution in [2.24, 2.45) is 0 Å². The van der Waals surface area contributed by atoms with Crippen LogP contribution in [0, 0.1) is 5.82 Å². The molecule has 164 valence electrons. The molecule has 0 atom stereocenters. The first-order valence-corrected chi connectivity index (χ1v) is 10.7. The van der Waals surface area contributed by atoms with Gasteiger partial charge in [-0.15, -0.1) is 11.8 Å². The first kappa shape index (κ1) is 22.8. The molecule has 6 nitrogen and oxygen atoms in total. The second-order valence-electron chi connectivity index (χ2n) is 7.57. The van der Waals surface area contributed by atoms with E-state index < -0.39 is 5.60 Å². The van der Waals surface area contributed by atoms with Crippen LogP contribution in [0.15, 0.2) is 64.7 Å². The van der Waals surface area contributed by atoms with Crippen molar-refractivity contribution in [1.29, 1.82) is 0 Å². The van der Waals surface area contributed by atoms with Gasteiger partial charge >= 0.3 is 0 Å². The van der Waals surface area contributed by atoms with Gasteiger partial charge < -0.3 is 14.6 Å². The lowest BCUT2D eigenvalue weighted by Crippen LogP contribution is -2.28. The van der Waals surface area contributed by atoms with Crippen molar-refractivity contribution in [3.63, 3.8) is 0 Å². The zero-order valence-electron chi connectivity index (χ0n) is 17.7. The normalized spacial score (nSPS) is 11.4. The summed E-state index contributed by atoms with van der Waals surface area (Å²) in [6, 6.07) is 11.5. The molecule has 0 amide bonds. The molecule has 0 aliphatic heterocycles. The average Bonchev–Trinajstić information content (AvgIpc) is 2.74. The van der Waals surface area contributed by atoms with Crippen LogP contribution in [-0.4, -0.2) is 39.7 Å². The third-order valence-electron chi connectivity index (χ3n) is 4.36. The molecule has 0 aliphatic rings. The molecule has 0 bridgehead atoms. The predicted octanol–water partition coefficient (Wildman–Crippen LogP) is 3.86. The third-order valence-corrected chi connectivity index (χ3v) is 5.32. The van der Waals surface area contributed by atoms with Crippen LogP contribution in [0.5, 0.6) is 11.5 Å². The molecule has 0 saturated heterocycles. The predicted molar refractivity (Wildman–Crippen MR) is 119 cm³/mol. The summed E-state index contributed by atoms with van der Waals surface area (Å²) in [4.78, 5) is 17.1. The highest BCUT2D eigenvalue weighted by Crippen LogP contribution is 2.30. The largest absolute Gasteiger partial charge is 0.493 e. The lowest BCUT2D eigenvalue weighted by Gasteiger charge is -2.19. The van der Waals surface area contributed by atoms with Crippen molar-refractivity contribution < 1.29 is 19.0 Å². The van der Waals surface area contributed by atoms with Gasteiger partial charge in [-0.3, -0.25) is 9.36 Å². The van der Waals surface area contributed by atoms with E-state index in [4.69, 9.17) is 9.47 Å². The fourth-order valence-corrected chi connectivity index (χ4v) is 3.68. The molecule has 0 saturated carbocycles. The molecule has 0 fully saturated rings. The second-order valence-corrected chi connectivity index (χ2v) is 8.65. The molecule has 1 N–H and O–H groups in total. The first-order chi connectivity index (χ1) is 14.8. The number of thioether (sulfide) groups is 1. The van der Waals surface area contributed by atoms with E-state index >= 15 is 0 Å². The van der Waals surface area contributed by atoms with Gasteiger partial charge in [-0.1, -0.05) is 12.1 Å². The number of hydrogen-bond donors (Lipinski definition) is 1. The van der Waals surface area contributed by atoms with Gasteiger partial charge in [-0.25, -0.2) is 9.37 Å². The average molecular weight is 445 g/mol. The van der Waals surface area contributed by atoms with Crippen molar-refractivity contribution in [3.05, 3.63) is 76.6 Å². The molecule has 3 aromatic rings. The summed E-state index contributed by atoms with van der Waals surface area (Å²) in [5, 5.41) is 10.2. The minimum atomic E-state index is -0.980. The van der Waals surface area contributed by atoms with Crippen molar-refractivity contribution >= 4 is 11.8 Å². The standard InChI is InChI=1S/C23H25FN2O4S/c1-23(2,28)15-30-19-9-8-18(14-20(19)29-3)26-12-11-25-21(22(26)27)31-13-10-16-4-6-17(24)7-5-16/h4-9,11-12,14,28H,10,13,15H2,1-3H3. The molecule has 0 aliphatic carbocycles. The van der Waals surface area contributed by atoms with E-state index in [0.717, 1.165) is 5.56 Å². The lowest BCUT2D eigenvalue weighted by atomic mass is 10.2. The van der Waals surface area contributed by atoms with Gasteiger partial charge in [-0.2, -0.15) is 0 Å². The van der Waals surface area contributed by atoms with Gasteiger partial charge in [0.15, 0.2) is 16.5 Å². The topological polar surface area (TPSA) is 73.6 Å². The van der Waals surface area contributed by atoms with E-state index in [2.05, 4.69) is 4.98 Å². The van der Waals surface area contributed by atoms with Crippen LogP contribution in [0.2, 0.25) is 0 Å². The van der Waals surface area contributed by atoms with E-state index in [1.54, 1.807) is 56.6 Å². The highest BCUT2D eigenvalue weighted by atomic mass is 32.2. The number of halogens is 1. The third kappa shape index (κ3) is 6.32. The van der Waals surface area contributed by atoms with Crippen LogP contribution in [-0.2, 0) is 6.42 Å². The number of hydrogen-bond acceptors (Lipinski definition) is 6. The molecule has 31 heavy (non-hydrogen) atoms.